The second kappa shape index (κ2) is 14.0. The SMILES string of the molecule is CC.CC.O=CNC1CCCCC1. The zero-order chi connectivity index (χ0) is 10.5. The summed E-state index contributed by atoms with van der Waals surface area (Å²) >= 11 is 0. The first-order chi connectivity index (χ1) is 6.43. The highest BCUT2D eigenvalue weighted by atomic mass is 16.1. The summed E-state index contributed by atoms with van der Waals surface area (Å²) in [4.78, 5) is 9.96. The zero-order valence-corrected chi connectivity index (χ0v) is 9.60. The topological polar surface area (TPSA) is 29.1 Å². The monoisotopic (exact) mass is 187 g/mol. The van der Waals surface area contributed by atoms with Gasteiger partial charge in [0.05, 0.1) is 0 Å². The van der Waals surface area contributed by atoms with Crippen molar-refractivity contribution in [3.8, 4) is 0 Å². The van der Waals surface area contributed by atoms with Crippen LogP contribution in [0, 0.1) is 0 Å². The predicted octanol–water partition coefficient (Wildman–Crippen LogP) is 3.12. The van der Waals surface area contributed by atoms with Crippen LogP contribution in [0.3, 0.4) is 0 Å². The number of hydrogen-bond donors (Lipinski definition) is 1. The Morgan fingerprint density at radius 2 is 1.46 bits per heavy atom. The van der Waals surface area contributed by atoms with Crippen molar-refractivity contribution in [3.63, 3.8) is 0 Å². The Hall–Kier alpha value is -0.530. The fourth-order valence-electron chi connectivity index (χ4n) is 1.37. The van der Waals surface area contributed by atoms with Crippen LogP contribution in [0.25, 0.3) is 0 Å². The Balaban J connectivity index is 0. The summed E-state index contributed by atoms with van der Waals surface area (Å²) in [5, 5.41) is 2.80. The van der Waals surface area contributed by atoms with Crippen LogP contribution in [0.5, 0.6) is 0 Å². The lowest BCUT2D eigenvalue weighted by atomic mass is 9.96. The standard InChI is InChI=1S/C7H13NO.2C2H6/c9-6-8-7-4-2-1-3-5-7;2*1-2/h6-7H,1-5H2,(H,8,9);2*1-2H3. The van der Waals surface area contributed by atoms with Gasteiger partial charge in [-0.3, -0.25) is 4.79 Å². The number of carbonyl (C=O) groups is 1. The summed E-state index contributed by atoms with van der Waals surface area (Å²) in [6.45, 7) is 8.00. The lowest BCUT2D eigenvalue weighted by Gasteiger charge is -2.19. The van der Waals surface area contributed by atoms with Gasteiger partial charge in [0.25, 0.3) is 0 Å². The molecule has 0 aromatic rings. The minimum Gasteiger partial charge on any atom is -0.356 e. The average Bonchev–Trinajstić information content (AvgIpc) is 2.26. The van der Waals surface area contributed by atoms with Crippen LogP contribution in [0.4, 0.5) is 0 Å². The molecule has 80 valence electrons. The van der Waals surface area contributed by atoms with Gasteiger partial charge < -0.3 is 5.32 Å². The van der Waals surface area contributed by atoms with Crippen molar-refractivity contribution < 1.29 is 4.79 Å². The predicted molar refractivity (Wildman–Crippen MR) is 58.8 cm³/mol. The Labute approximate surface area is 83.1 Å². The van der Waals surface area contributed by atoms with E-state index in [9.17, 15) is 4.79 Å². The van der Waals surface area contributed by atoms with E-state index in [-0.39, 0.29) is 0 Å². The molecule has 0 radical (unpaired) electrons. The highest BCUT2D eigenvalue weighted by Crippen LogP contribution is 2.16. The van der Waals surface area contributed by atoms with Crippen molar-refractivity contribution in [1.82, 2.24) is 5.32 Å². The maximum absolute atomic E-state index is 9.96. The van der Waals surface area contributed by atoms with Gasteiger partial charge in [-0.15, -0.1) is 0 Å². The lowest BCUT2D eigenvalue weighted by molar-refractivity contribution is -0.110. The Kier molecular flexibility index (Phi) is 16.1. The van der Waals surface area contributed by atoms with Crippen LogP contribution in [0.1, 0.15) is 59.8 Å². The molecule has 0 atom stereocenters. The van der Waals surface area contributed by atoms with E-state index in [1.165, 1.54) is 32.1 Å². The van der Waals surface area contributed by atoms with Gasteiger partial charge in [-0.05, 0) is 12.8 Å². The molecule has 13 heavy (non-hydrogen) atoms. The first-order valence-electron chi connectivity index (χ1n) is 5.63. The van der Waals surface area contributed by atoms with Crippen LogP contribution in [-0.4, -0.2) is 12.5 Å². The third kappa shape index (κ3) is 9.38. The molecule has 1 N–H and O–H groups in total. The van der Waals surface area contributed by atoms with Gasteiger partial charge in [0.15, 0.2) is 0 Å². The molecule has 0 aromatic carbocycles. The molecule has 0 spiro atoms. The van der Waals surface area contributed by atoms with Crippen molar-refractivity contribution in [2.75, 3.05) is 0 Å². The molecule has 1 rings (SSSR count). The third-order valence-corrected chi connectivity index (χ3v) is 1.91. The van der Waals surface area contributed by atoms with E-state index < -0.39 is 0 Å². The summed E-state index contributed by atoms with van der Waals surface area (Å²) in [5.41, 5.74) is 0. The van der Waals surface area contributed by atoms with Gasteiger partial charge >= 0.3 is 0 Å². The van der Waals surface area contributed by atoms with Crippen LogP contribution in [0.2, 0.25) is 0 Å². The Bertz CT molecular complexity index is 88.1. The summed E-state index contributed by atoms with van der Waals surface area (Å²) in [7, 11) is 0. The van der Waals surface area contributed by atoms with Crippen molar-refractivity contribution in [2.24, 2.45) is 0 Å². The second-order valence-corrected chi connectivity index (χ2v) is 2.62. The molecule has 0 heterocycles. The van der Waals surface area contributed by atoms with Crippen LogP contribution < -0.4 is 5.32 Å². The van der Waals surface area contributed by atoms with Crippen molar-refractivity contribution in [1.29, 1.82) is 0 Å². The van der Waals surface area contributed by atoms with Gasteiger partial charge in [0.1, 0.15) is 0 Å². The number of hydrogen-bond acceptors (Lipinski definition) is 1. The van der Waals surface area contributed by atoms with E-state index in [1.54, 1.807) is 0 Å². The minimum absolute atomic E-state index is 0.483. The quantitative estimate of drug-likeness (QED) is 0.661. The molecule has 2 nitrogen and oxygen atoms in total. The molecule has 0 unspecified atom stereocenters. The summed E-state index contributed by atoms with van der Waals surface area (Å²) < 4.78 is 0. The van der Waals surface area contributed by atoms with Gasteiger partial charge in [-0.2, -0.15) is 0 Å². The average molecular weight is 187 g/mol. The summed E-state index contributed by atoms with van der Waals surface area (Å²) in [6, 6.07) is 0.483. The van der Waals surface area contributed by atoms with Gasteiger partial charge in [0.2, 0.25) is 6.41 Å². The van der Waals surface area contributed by atoms with Gasteiger partial charge in [-0.1, -0.05) is 47.0 Å². The van der Waals surface area contributed by atoms with E-state index in [2.05, 4.69) is 5.32 Å². The molecular formula is C11H25NO. The largest absolute Gasteiger partial charge is 0.356 e. The Morgan fingerprint density at radius 3 is 1.85 bits per heavy atom. The second-order valence-electron chi connectivity index (χ2n) is 2.62. The summed E-state index contributed by atoms with van der Waals surface area (Å²) in [6.07, 6.45) is 7.08. The first kappa shape index (κ1) is 15.0. The summed E-state index contributed by atoms with van der Waals surface area (Å²) in [5.74, 6) is 0. The Morgan fingerprint density at radius 1 is 1.00 bits per heavy atom. The molecule has 1 amide bonds. The molecule has 1 fully saturated rings. The molecular weight excluding hydrogens is 162 g/mol. The van der Waals surface area contributed by atoms with E-state index in [0.29, 0.717) is 6.04 Å². The molecule has 0 aromatic heterocycles. The van der Waals surface area contributed by atoms with E-state index >= 15 is 0 Å². The molecule has 2 heteroatoms. The van der Waals surface area contributed by atoms with Crippen LogP contribution in [-0.2, 0) is 4.79 Å². The number of rotatable bonds is 2. The highest BCUT2D eigenvalue weighted by molar-refractivity contribution is 5.46. The molecule has 0 saturated heterocycles. The van der Waals surface area contributed by atoms with E-state index in [4.69, 9.17) is 0 Å². The number of amides is 1. The van der Waals surface area contributed by atoms with Crippen LogP contribution >= 0.6 is 0 Å². The molecule has 1 aliphatic carbocycles. The molecule has 1 aliphatic rings. The molecule has 1 saturated carbocycles. The number of nitrogens with one attached hydrogen (secondary N) is 1. The molecule has 0 aliphatic heterocycles. The maximum Gasteiger partial charge on any atom is 0.207 e. The smallest absolute Gasteiger partial charge is 0.207 e. The van der Waals surface area contributed by atoms with Gasteiger partial charge in [0, 0.05) is 6.04 Å². The van der Waals surface area contributed by atoms with Crippen molar-refractivity contribution >= 4 is 6.41 Å². The minimum atomic E-state index is 0.483. The fraction of sp³-hybridized carbons (Fsp3) is 0.909. The van der Waals surface area contributed by atoms with Crippen molar-refractivity contribution in [3.05, 3.63) is 0 Å². The van der Waals surface area contributed by atoms with Gasteiger partial charge in [-0.25, -0.2) is 0 Å². The first-order valence-corrected chi connectivity index (χ1v) is 5.63. The maximum atomic E-state index is 9.96. The number of carbonyl (C=O) groups excluding carboxylic acids is 1. The molecule has 0 bridgehead atoms. The fourth-order valence-corrected chi connectivity index (χ4v) is 1.37. The van der Waals surface area contributed by atoms with E-state index in [0.717, 1.165) is 6.41 Å². The van der Waals surface area contributed by atoms with E-state index in [1.807, 2.05) is 27.7 Å². The normalized spacial score (nSPS) is 15.7. The lowest BCUT2D eigenvalue weighted by Crippen LogP contribution is -2.29. The third-order valence-electron chi connectivity index (χ3n) is 1.91. The zero-order valence-electron chi connectivity index (χ0n) is 9.60. The van der Waals surface area contributed by atoms with Crippen LogP contribution in [0.15, 0.2) is 0 Å². The highest BCUT2D eigenvalue weighted by Gasteiger charge is 2.10. The van der Waals surface area contributed by atoms with Crippen molar-refractivity contribution in [2.45, 2.75) is 65.8 Å².